The number of ether oxygens (including phenoxy) is 1. The summed E-state index contributed by atoms with van der Waals surface area (Å²) in [6.07, 6.45) is 0.955. The smallest absolute Gasteiger partial charge is 0.242 e. The van der Waals surface area contributed by atoms with Crippen molar-refractivity contribution in [3.8, 4) is 5.88 Å². The van der Waals surface area contributed by atoms with Crippen molar-refractivity contribution in [3.63, 3.8) is 0 Å². The van der Waals surface area contributed by atoms with Gasteiger partial charge in [-0.3, -0.25) is 19.3 Å². The Morgan fingerprint density at radius 1 is 1.12 bits per heavy atom. The summed E-state index contributed by atoms with van der Waals surface area (Å²) in [5.74, 6) is -0.217. The lowest BCUT2D eigenvalue weighted by molar-refractivity contribution is -0.145. The normalized spacial score (nSPS) is 20.2. The van der Waals surface area contributed by atoms with Crippen LogP contribution in [0.3, 0.4) is 0 Å². The van der Waals surface area contributed by atoms with E-state index in [2.05, 4.69) is 4.98 Å². The Kier molecular flexibility index (Phi) is 4.28. The molecule has 2 saturated heterocycles. The third-order valence-corrected chi connectivity index (χ3v) is 4.81. The van der Waals surface area contributed by atoms with Crippen molar-refractivity contribution in [1.82, 2.24) is 14.8 Å². The second-order valence-electron chi connectivity index (χ2n) is 6.58. The highest BCUT2D eigenvalue weighted by Crippen LogP contribution is 2.21. The number of carbonyl (C=O) groups excluding carboxylic acids is 3. The van der Waals surface area contributed by atoms with Crippen LogP contribution in [0.15, 0.2) is 36.4 Å². The maximum absolute atomic E-state index is 12.4. The van der Waals surface area contributed by atoms with Gasteiger partial charge in [0, 0.05) is 37.3 Å². The summed E-state index contributed by atoms with van der Waals surface area (Å²) in [5.41, 5.74) is 0.863. The van der Waals surface area contributed by atoms with Gasteiger partial charge >= 0.3 is 0 Å². The number of imide groups is 1. The van der Waals surface area contributed by atoms with Crippen LogP contribution < -0.4 is 4.74 Å². The van der Waals surface area contributed by atoms with E-state index in [0.717, 1.165) is 15.8 Å². The first-order valence-corrected chi connectivity index (χ1v) is 8.73. The van der Waals surface area contributed by atoms with Crippen LogP contribution >= 0.6 is 0 Å². The minimum absolute atomic E-state index is 0.141. The van der Waals surface area contributed by atoms with Crippen molar-refractivity contribution in [1.29, 1.82) is 0 Å². The number of hydrogen-bond donors (Lipinski definition) is 0. The highest BCUT2D eigenvalue weighted by molar-refractivity contribution is 6.04. The number of pyridine rings is 1. The Bertz CT molecular complexity index is 866. The largest absolute Gasteiger partial charge is 0.472 e. The van der Waals surface area contributed by atoms with Gasteiger partial charge in [-0.15, -0.1) is 0 Å². The third-order valence-electron chi connectivity index (χ3n) is 4.81. The number of nitrogens with zero attached hydrogens (tertiary/aromatic N) is 3. The minimum Gasteiger partial charge on any atom is -0.472 e. The summed E-state index contributed by atoms with van der Waals surface area (Å²) in [5, 5.41) is 1.04. The Labute approximate surface area is 150 Å². The average Bonchev–Trinajstić information content (AvgIpc) is 3.23. The molecule has 7 heteroatoms. The number of carbonyl (C=O) groups is 3. The van der Waals surface area contributed by atoms with Gasteiger partial charge in [0.2, 0.25) is 23.6 Å². The topological polar surface area (TPSA) is 79.8 Å². The van der Waals surface area contributed by atoms with Crippen LogP contribution in [-0.2, 0) is 14.4 Å². The lowest BCUT2D eigenvalue weighted by atomic mass is 10.2. The van der Waals surface area contributed by atoms with Gasteiger partial charge in [-0.05, 0) is 12.1 Å². The Hall–Kier alpha value is -2.96. The molecule has 2 aliphatic heterocycles. The summed E-state index contributed by atoms with van der Waals surface area (Å²) in [7, 11) is 0. The molecule has 4 rings (SSSR count). The molecule has 1 atom stereocenters. The van der Waals surface area contributed by atoms with Crippen molar-refractivity contribution in [2.45, 2.75) is 25.4 Å². The SMILES string of the molecule is O=C(CN1C(=O)CCC1=O)N1CCC(Oc2ccc3ccccc3n2)C1. The van der Waals surface area contributed by atoms with Gasteiger partial charge in [-0.25, -0.2) is 4.98 Å². The zero-order chi connectivity index (χ0) is 18.1. The molecule has 2 aromatic rings. The van der Waals surface area contributed by atoms with E-state index >= 15 is 0 Å². The van der Waals surface area contributed by atoms with Gasteiger partial charge in [-0.1, -0.05) is 18.2 Å². The molecule has 2 fully saturated rings. The molecule has 0 bridgehead atoms. The lowest BCUT2D eigenvalue weighted by Crippen LogP contribution is -2.42. The summed E-state index contributed by atoms with van der Waals surface area (Å²) in [6.45, 7) is 0.815. The van der Waals surface area contributed by atoms with Crippen LogP contribution in [0.4, 0.5) is 0 Å². The van der Waals surface area contributed by atoms with Crippen LogP contribution in [0, 0.1) is 0 Å². The Balaban J connectivity index is 1.36. The highest BCUT2D eigenvalue weighted by Gasteiger charge is 2.34. The van der Waals surface area contributed by atoms with Crippen LogP contribution in [0.5, 0.6) is 5.88 Å². The molecule has 26 heavy (non-hydrogen) atoms. The van der Waals surface area contributed by atoms with Crippen molar-refractivity contribution >= 4 is 28.6 Å². The van der Waals surface area contributed by atoms with E-state index in [0.29, 0.717) is 25.4 Å². The van der Waals surface area contributed by atoms with Crippen molar-refractivity contribution in [2.24, 2.45) is 0 Å². The molecule has 3 heterocycles. The van der Waals surface area contributed by atoms with Gasteiger partial charge in [0.15, 0.2) is 0 Å². The monoisotopic (exact) mass is 353 g/mol. The number of amides is 3. The number of benzene rings is 1. The van der Waals surface area contributed by atoms with E-state index in [9.17, 15) is 14.4 Å². The number of rotatable bonds is 4. The van der Waals surface area contributed by atoms with E-state index in [1.54, 1.807) is 4.90 Å². The van der Waals surface area contributed by atoms with Crippen LogP contribution in [0.2, 0.25) is 0 Å². The zero-order valence-corrected chi connectivity index (χ0v) is 14.3. The number of likely N-dealkylation sites (tertiary alicyclic amines) is 2. The predicted molar refractivity (Wildman–Crippen MR) is 93.3 cm³/mol. The quantitative estimate of drug-likeness (QED) is 0.776. The Morgan fingerprint density at radius 3 is 2.69 bits per heavy atom. The second kappa shape index (κ2) is 6.74. The number of hydrogen-bond acceptors (Lipinski definition) is 5. The van der Waals surface area contributed by atoms with E-state index in [1.165, 1.54) is 0 Å². The van der Waals surface area contributed by atoms with Gasteiger partial charge in [0.05, 0.1) is 12.1 Å². The maximum atomic E-state index is 12.4. The molecule has 1 unspecified atom stereocenters. The van der Waals surface area contributed by atoms with Gasteiger partial charge in [-0.2, -0.15) is 0 Å². The van der Waals surface area contributed by atoms with E-state index in [1.807, 2.05) is 36.4 Å². The van der Waals surface area contributed by atoms with Crippen molar-refractivity contribution < 1.29 is 19.1 Å². The molecule has 0 spiro atoms. The molecule has 0 aliphatic carbocycles. The molecular weight excluding hydrogens is 334 g/mol. The van der Waals surface area contributed by atoms with Crippen molar-refractivity contribution in [3.05, 3.63) is 36.4 Å². The average molecular weight is 353 g/mol. The summed E-state index contributed by atoms with van der Waals surface area (Å²) in [4.78, 5) is 42.9. The third kappa shape index (κ3) is 3.24. The van der Waals surface area contributed by atoms with Crippen LogP contribution in [-0.4, -0.2) is 58.2 Å². The molecule has 7 nitrogen and oxygen atoms in total. The summed E-state index contributed by atoms with van der Waals surface area (Å²) < 4.78 is 5.92. The van der Waals surface area contributed by atoms with Gasteiger partial charge < -0.3 is 9.64 Å². The van der Waals surface area contributed by atoms with Crippen LogP contribution in [0.25, 0.3) is 10.9 Å². The number of para-hydroxylation sites is 1. The standard InChI is InChI=1S/C19H19N3O4/c23-17-7-8-18(24)22(17)12-19(25)21-10-9-14(11-21)26-16-6-5-13-3-1-2-4-15(13)20-16/h1-6,14H,7-12H2. The maximum Gasteiger partial charge on any atom is 0.242 e. The molecule has 2 aliphatic rings. The fourth-order valence-electron chi connectivity index (χ4n) is 3.37. The van der Waals surface area contributed by atoms with Crippen LogP contribution in [0.1, 0.15) is 19.3 Å². The molecular formula is C19H19N3O4. The molecule has 0 N–H and O–H groups in total. The highest BCUT2D eigenvalue weighted by atomic mass is 16.5. The van der Waals surface area contributed by atoms with Gasteiger partial charge in [0.1, 0.15) is 12.6 Å². The molecule has 0 saturated carbocycles. The lowest BCUT2D eigenvalue weighted by Gasteiger charge is -2.20. The number of fused-ring (bicyclic) bond motifs is 1. The molecule has 1 aromatic carbocycles. The van der Waals surface area contributed by atoms with Crippen molar-refractivity contribution in [2.75, 3.05) is 19.6 Å². The first-order chi connectivity index (χ1) is 12.6. The molecule has 134 valence electrons. The molecule has 0 radical (unpaired) electrons. The Morgan fingerprint density at radius 2 is 1.88 bits per heavy atom. The first kappa shape index (κ1) is 16.5. The fraction of sp³-hybridized carbons (Fsp3) is 0.368. The fourth-order valence-corrected chi connectivity index (χ4v) is 3.37. The molecule has 3 amide bonds. The van der Waals surface area contributed by atoms with E-state index in [4.69, 9.17) is 4.74 Å². The van der Waals surface area contributed by atoms with Gasteiger partial charge in [0.25, 0.3) is 0 Å². The molecule has 1 aromatic heterocycles. The summed E-state index contributed by atoms with van der Waals surface area (Å²) >= 11 is 0. The zero-order valence-electron chi connectivity index (χ0n) is 14.3. The van der Waals surface area contributed by atoms with E-state index < -0.39 is 0 Å². The minimum atomic E-state index is -0.268. The second-order valence-corrected chi connectivity index (χ2v) is 6.58. The predicted octanol–water partition coefficient (Wildman–Crippen LogP) is 1.36. The van der Waals surface area contributed by atoms with E-state index in [-0.39, 0.29) is 43.2 Å². The summed E-state index contributed by atoms with van der Waals surface area (Å²) in [6, 6.07) is 11.6. The number of aromatic nitrogens is 1. The first-order valence-electron chi connectivity index (χ1n) is 8.73.